The van der Waals surface area contributed by atoms with E-state index in [0.29, 0.717) is 0 Å². The molecule has 0 heterocycles. The summed E-state index contributed by atoms with van der Waals surface area (Å²) in [7, 11) is 0. The fourth-order valence-corrected chi connectivity index (χ4v) is 7.84. The first-order chi connectivity index (χ1) is 13.4. The Morgan fingerprint density at radius 1 is 0.966 bits per heavy atom. The Morgan fingerprint density at radius 2 is 1.55 bits per heavy atom. The largest absolute Gasteiger partial charge is 0.391 e. The van der Waals surface area contributed by atoms with Crippen molar-refractivity contribution in [3.8, 4) is 0 Å². The van der Waals surface area contributed by atoms with Gasteiger partial charge in [-0.3, -0.25) is 30.3 Å². The Labute approximate surface area is 178 Å². The van der Waals surface area contributed by atoms with Crippen LogP contribution in [0.4, 0.5) is 0 Å². The quantitative estimate of drug-likeness (QED) is 0.310. The van der Waals surface area contributed by atoms with E-state index in [1.165, 1.54) is 24.3 Å². The number of rotatable bonds is 4. The van der Waals surface area contributed by atoms with Crippen LogP contribution in [0.25, 0.3) is 0 Å². The summed E-state index contributed by atoms with van der Waals surface area (Å²) in [5.74, 6) is -0.748. The van der Waals surface area contributed by atoms with Crippen LogP contribution in [0.1, 0.15) is 24.8 Å². The number of alkyl halides is 3. The monoisotopic (exact) mass is 464 g/mol. The lowest BCUT2D eigenvalue weighted by molar-refractivity contribution is -0.766. The van der Waals surface area contributed by atoms with Gasteiger partial charge >= 0.3 is 16.1 Å². The van der Waals surface area contributed by atoms with Gasteiger partial charge in [-0.15, -0.1) is 23.2 Å². The zero-order valence-corrected chi connectivity index (χ0v) is 16.9. The van der Waals surface area contributed by atoms with Crippen molar-refractivity contribution >= 4 is 34.8 Å². The van der Waals surface area contributed by atoms with Gasteiger partial charge in [0, 0.05) is 28.3 Å². The standard InChI is InChI=1S/C16H15Cl3N4O6/c17-11-9-6-12(20)8-13(11,18)16(19,23(28)29)14(7-9,21(24)25)15(12,22(26)27)10-4-2-1-3-5-10/h1-5,9,11H,6-8,20H2. The van der Waals surface area contributed by atoms with Crippen molar-refractivity contribution in [2.24, 2.45) is 11.7 Å². The molecule has 4 aliphatic carbocycles. The van der Waals surface area contributed by atoms with Crippen molar-refractivity contribution < 1.29 is 14.8 Å². The number of hydrogen-bond donors (Lipinski definition) is 1. The first-order valence-corrected chi connectivity index (χ1v) is 9.86. The third-order valence-electron chi connectivity index (χ3n) is 7.05. The second-order valence-electron chi connectivity index (χ2n) is 8.10. The van der Waals surface area contributed by atoms with Crippen LogP contribution < -0.4 is 5.73 Å². The molecule has 4 saturated carbocycles. The molecular formula is C16H15Cl3N4O6. The van der Waals surface area contributed by atoms with Crippen molar-refractivity contribution in [2.75, 3.05) is 0 Å². The molecule has 10 nitrogen and oxygen atoms in total. The Balaban J connectivity index is 2.23. The molecule has 156 valence electrons. The summed E-state index contributed by atoms with van der Waals surface area (Å²) in [4.78, 5) is 29.4. The fraction of sp³-hybridized carbons (Fsp3) is 0.625. The molecule has 0 radical (unpaired) electrons. The van der Waals surface area contributed by atoms with Gasteiger partial charge in [-0.2, -0.15) is 0 Å². The molecule has 13 heteroatoms. The highest BCUT2D eigenvalue weighted by Gasteiger charge is 3.03. The number of nitrogens with zero attached hydrogens (tertiary/aromatic N) is 3. The predicted molar refractivity (Wildman–Crippen MR) is 103 cm³/mol. The molecule has 2 N–H and O–H groups in total. The molecule has 0 spiro atoms. The van der Waals surface area contributed by atoms with E-state index >= 15 is 0 Å². The minimum atomic E-state index is -3.07. The maximum Gasteiger partial charge on any atom is 0.391 e. The van der Waals surface area contributed by atoms with Gasteiger partial charge in [-0.25, -0.2) is 0 Å². The van der Waals surface area contributed by atoms with Crippen LogP contribution in [-0.4, -0.2) is 41.1 Å². The molecule has 0 aromatic heterocycles. The molecular weight excluding hydrogens is 451 g/mol. The molecule has 4 bridgehead atoms. The third-order valence-corrected chi connectivity index (χ3v) is 9.42. The zero-order chi connectivity index (χ0) is 21.6. The average molecular weight is 466 g/mol. The van der Waals surface area contributed by atoms with Gasteiger partial charge in [0.2, 0.25) is 0 Å². The van der Waals surface area contributed by atoms with E-state index in [1.807, 2.05) is 0 Å². The molecule has 0 aliphatic heterocycles. The van der Waals surface area contributed by atoms with Crippen LogP contribution in [0, 0.1) is 36.3 Å². The van der Waals surface area contributed by atoms with Crippen molar-refractivity contribution in [1.82, 2.24) is 0 Å². The Morgan fingerprint density at radius 3 is 2.03 bits per heavy atom. The zero-order valence-electron chi connectivity index (χ0n) is 14.7. The highest BCUT2D eigenvalue weighted by Crippen LogP contribution is 2.75. The van der Waals surface area contributed by atoms with Gasteiger partial charge in [0.15, 0.2) is 4.87 Å². The lowest BCUT2D eigenvalue weighted by Gasteiger charge is -2.67. The molecule has 7 atom stereocenters. The van der Waals surface area contributed by atoms with Crippen LogP contribution >= 0.6 is 34.8 Å². The smallest absolute Gasteiger partial charge is 0.319 e. The van der Waals surface area contributed by atoms with E-state index in [0.717, 1.165) is 0 Å². The number of hydrogen-bond acceptors (Lipinski definition) is 7. The lowest BCUT2D eigenvalue weighted by Crippen LogP contribution is -2.95. The van der Waals surface area contributed by atoms with Crippen LogP contribution in [0.5, 0.6) is 0 Å². The summed E-state index contributed by atoms with van der Waals surface area (Å²) in [6, 6.07) is 7.08. The number of nitrogens with two attached hydrogens (primary N) is 1. The van der Waals surface area contributed by atoms with Crippen molar-refractivity contribution in [2.45, 2.75) is 51.1 Å². The van der Waals surface area contributed by atoms with E-state index in [9.17, 15) is 30.3 Å². The molecule has 5 rings (SSSR count). The Kier molecular flexibility index (Phi) is 4.02. The molecule has 29 heavy (non-hydrogen) atoms. The van der Waals surface area contributed by atoms with E-state index in [-0.39, 0.29) is 12.0 Å². The lowest BCUT2D eigenvalue weighted by atomic mass is 9.38. The maximum absolute atomic E-state index is 12.7. The maximum atomic E-state index is 12.7. The third kappa shape index (κ3) is 1.81. The van der Waals surface area contributed by atoms with Gasteiger partial charge in [-0.1, -0.05) is 30.3 Å². The summed E-state index contributed by atoms with van der Waals surface area (Å²) in [6.45, 7) is 0. The van der Waals surface area contributed by atoms with Gasteiger partial charge in [0.1, 0.15) is 5.54 Å². The molecule has 4 aliphatic rings. The van der Waals surface area contributed by atoms with E-state index in [1.54, 1.807) is 6.07 Å². The number of halogens is 3. The predicted octanol–water partition coefficient (Wildman–Crippen LogP) is 2.50. The normalized spacial score (nSPS) is 47.7. The van der Waals surface area contributed by atoms with Crippen LogP contribution in [-0.2, 0) is 5.54 Å². The molecule has 1 aromatic carbocycles. The summed E-state index contributed by atoms with van der Waals surface area (Å²) in [6.07, 6.45) is -1.17. The topological polar surface area (TPSA) is 155 Å². The average Bonchev–Trinajstić information content (AvgIpc) is 2.63. The molecule has 4 fully saturated rings. The Hall–Kier alpha value is -1.75. The Bertz CT molecular complexity index is 954. The summed E-state index contributed by atoms with van der Waals surface area (Å²) >= 11 is 19.5. The highest BCUT2D eigenvalue weighted by molar-refractivity contribution is 6.40. The van der Waals surface area contributed by atoms with E-state index in [2.05, 4.69) is 0 Å². The van der Waals surface area contributed by atoms with Gasteiger partial charge < -0.3 is 5.73 Å². The SMILES string of the molecule is NC12CC3CC([N+](=O)[O-])(C(Cl)([N+](=O)[O-])C(Cl)(C1)C3Cl)C2(c1ccccc1)[N+](=O)[O-]. The summed E-state index contributed by atoms with van der Waals surface area (Å²) in [5, 5.41) is 36.5. The van der Waals surface area contributed by atoms with Gasteiger partial charge in [0.25, 0.3) is 0 Å². The van der Waals surface area contributed by atoms with Gasteiger partial charge in [-0.05, 0) is 23.9 Å². The van der Waals surface area contributed by atoms with Crippen molar-refractivity contribution in [3.63, 3.8) is 0 Å². The molecule has 1 aromatic rings. The second kappa shape index (κ2) is 5.69. The number of nitro groups is 3. The summed E-state index contributed by atoms with van der Waals surface area (Å²) in [5.41, 5.74) is -1.07. The molecule has 0 amide bonds. The first-order valence-electron chi connectivity index (χ1n) is 8.66. The van der Waals surface area contributed by atoms with E-state index in [4.69, 9.17) is 40.5 Å². The minimum absolute atomic E-state index is 0.0498. The fourth-order valence-electron chi connectivity index (χ4n) is 6.26. The highest BCUT2D eigenvalue weighted by atomic mass is 35.5. The van der Waals surface area contributed by atoms with Crippen LogP contribution in [0.2, 0.25) is 0 Å². The van der Waals surface area contributed by atoms with Gasteiger partial charge in [0.05, 0.1) is 10.3 Å². The van der Waals surface area contributed by atoms with Crippen molar-refractivity contribution in [3.05, 3.63) is 66.2 Å². The number of benzene rings is 1. The van der Waals surface area contributed by atoms with Crippen LogP contribution in [0.3, 0.4) is 0 Å². The van der Waals surface area contributed by atoms with E-state index < -0.39 is 65.4 Å². The molecule has 7 unspecified atom stereocenters. The summed E-state index contributed by atoms with van der Waals surface area (Å²) < 4.78 is 0. The molecule has 0 saturated heterocycles. The first kappa shape index (κ1) is 20.5. The van der Waals surface area contributed by atoms with Crippen LogP contribution in [0.15, 0.2) is 30.3 Å². The minimum Gasteiger partial charge on any atom is -0.319 e. The second-order valence-corrected chi connectivity index (χ2v) is 9.79. The van der Waals surface area contributed by atoms with Crippen molar-refractivity contribution in [1.29, 1.82) is 0 Å².